The van der Waals surface area contributed by atoms with Crippen molar-refractivity contribution in [2.75, 3.05) is 13.1 Å². The molecule has 0 radical (unpaired) electrons. The second kappa shape index (κ2) is 5.27. The molecule has 0 spiro atoms. The van der Waals surface area contributed by atoms with Crippen molar-refractivity contribution in [3.63, 3.8) is 0 Å². The van der Waals surface area contributed by atoms with Crippen LogP contribution in [0.1, 0.15) is 24.0 Å². The van der Waals surface area contributed by atoms with Gasteiger partial charge in [-0.1, -0.05) is 0 Å². The molecular formula is C13H18BrNO2. The highest BCUT2D eigenvalue weighted by Gasteiger charge is 2.19. The van der Waals surface area contributed by atoms with Crippen molar-refractivity contribution >= 4 is 15.9 Å². The van der Waals surface area contributed by atoms with Crippen LogP contribution in [0.3, 0.4) is 0 Å². The summed E-state index contributed by atoms with van der Waals surface area (Å²) in [7, 11) is 0. The summed E-state index contributed by atoms with van der Waals surface area (Å²) in [5.41, 5.74) is 2.13. The zero-order valence-electron chi connectivity index (χ0n) is 9.96. The molecule has 0 saturated carbocycles. The molecule has 0 bridgehead atoms. The van der Waals surface area contributed by atoms with E-state index in [4.69, 9.17) is 0 Å². The molecule has 0 aromatic heterocycles. The van der Waals surface area contributed by atoms with Gasteiger partial charge in [0.15, 0.2) is 11.5 Å². The van der Waals surface area contributed by atoms with Gasteiger partial charge in [0.25, 0.3) is 0 Å². The maximum atomic E-state index is 9.73. The lowest BCUT2D eigenvalue weighted by molar-refractivity contribution is 0.372. The topological polar surface area (TPSA) is 52.5 Å². The highest BCUT2D eigenvalue weighted by atomic mass is 79.9. The molecule has 1 fully saturated rings. The molecule has 1 aliphatic rings. The number of halogens is 1. The Morgan fingerprint density at radius 2 is 2.24 bits per heavy atom. The van der Waals surface area contributed by atoms with Crippen LogP contribution < -0.4 is 5.32 Å². The summed E-state index contributed by atoms with van der Waals surface area (Å²) in [5, 5.41) is 22.6. The fourth-order valence-corrected chi connectivity index (χ4v) is 3.10. The maximum Gasteiger partial charge on any atom is 0.172 e. The van der Waals surface area contributed by atoms with E-state index in [2.05, 4.69) is 21.2 Å². The van der Waals surface area contributed by atoms with Crippen LogP contribution in [0, 0.1) is 12.8 Å². The predicted octanol–water partition coefficient (Wildman–Crippen LogP) is 2.71. The lowest BCUT2D eigenvalue weighted by atomic mass is 9.90. The molecule has 1 aromatic rings. The Morgan fingerprint density at radius 3 is 2.88 bits per heavy atom. The molecule has 1 unspecified atom stereocenters. The van der Waals surface area contributed by atoms with Crippen LogP contribution in [0.15, 0.2) is 10.5 Å². The van der Waals surface area contributed by atoms with Gasteiger partial charge in [0.2, 0.25) is 0 Å². The van der Waals surface area contributed by atoms with E-state index in [0.717, 1.165) is 30.6 Å². The molecule has 1 heterocycles. The number of aromatic hydroxyl groups is 2. The fourth-order valence-electron chi connectivity index (χ4n) is 2.43. The number of phenols is 2. The second-order valence-electron chi connectivity index (χ2n) is 4.77. The maximum absolute atomic E-state index is 9.73. The van der Waals surface area contributed by atoms with Gasteiger partial charge < -0.3 is 15.5 Å². The first kappa shape index (κ1) is 12.7. The van der Waals surface area contributed by atoms with Gasteiger partial charge in [0.05, 0.1) is 4.47 Å². The van der Waals surface area contributed by atoms with Crippen LogP contribution in [0.5, 0.6) is 11.5 Å². The van der Waals surface area contributed by atoms with E-state index in [1.54, 1.807) is 6.07 Å². The zero-order chi connectivity index (χ0) is 12.4. The van der Waals surface area contributed by atoms with Crippen molar-refractivity contribution in [1.29, 1.82) is 0 Å². The first-order chi connectivity index (χ1) is 8.09. The van der Waals surface area contributed by atoms with Crippen molar-refractivity contribution < 1.29 is 10.2 Å². The first-order valence-corrected chi connectivity index (χ1v) is 6.79. The number of piperidine rings is 1. The number of hydrogen-bond acceptors (Lipinski definition) is 3. The molecule has 1 saturated heterocycles. The van der Waals surface area contributed by atoms with Crippen molar-refractivity contribution in [2.45, 2.75) is 26.2 Å². The number of phenolic OH excluding ortho intramolecular Hbond substituents is 2. The molecule has 0 aliphatic carbocycles. The second-order valence-corrected chi connectivity index (χ2v) is 5.56. The molecule has 3 N–H and O–H groups in total. The summed E-state index contributed by atoms with van der Waals surface area (Å²) in [5.74, 6) is 0.511. The Labute approximate surface area is 110 Å². The lowest BCUT2D eigenvalue weighted by Crippen LogP contribution is -2.31. The fraction of sp³-hybridized carbons (Fsp3) is 0.538. The Bertz CT molecular complexity index is 414. The van der Waals surface area contributed by atoms with Crippen LogP contribution in [0.4, 0.5) is 0 Å². The zero-order valence-corrected chi connectivity index (χ0v) is 11.5. The van der Waals surface area contributed by atoms with Crippen molar-refractivity contribution in [1.82, 2.24) is 5.32 Å². The van der Waals surface area contributed by atoms with E-state index in [1.165, 1.54) is 12.8 Å². The molecule has 1 atom stereocenters. The van der Waals surface area contributed by atoms with Gasteiger partial charge in [0.1, 0.15) is 0 Å². The van der Waals surface area contributed by atoms with Crippen LogP contribution in [0.25, 0.3) is 0 Å². The van der Waals surface area contributed by atoms with Crippen LogP contribution in [-0.4, -0.2) is 23.3 Å². The van der Waals surface area contributed by atoms with Crippen LogP contribution in [0.2, 0.25) is 0 Å². The number of rotatable bonds is 2. The van der Waals surface area contributed by atoms with Crippen LogP contribution >= 0.6 is 15.9 Å². The SMILES string of the molecule is Cc1cc(O)c(O)c(Br)c1CC1CCCNC1. The molecule has 4 heteroatoms. The van der Waals surface area contributed by atoms with Gasteiger partial charge >= 0.3 is 0 Å². The summed E-state index contributed by atoms with van der Waals surface area (Å²) >= 11 is 3.38. The summed E-state index contributed by atoms with van der Waals surface area (Å²) in [6.07, 6.45) is 3.37. The summed E-state index contributed by atoms with van der Waals surface area (Å²) in [6, 6.07) is 1.63. The highest BCUT2D eigenvalue weighted by Crippen LogP contribution is 2.39. The van der Waals surface area contributed by atoms with Crippen molar-refractivity contribution in [3.05, 3.63) is 21.7 Å². The average molecular weight is 300 g/mol. The molecule has 94 valence electrons. The Morgan fingerprint density at radius 1 is 1.47 bits per heavy atom. The van der Waals surface area contributed by atoms with E-state index in [-0.39, 0.29) is 11.5 Å². The summed E-state index contributed by atoms with van der Waals surface area (Å²) in [4.78, 5) is 0. The standard InChI is InChI=1S/C13H18BrNO2/c1-8-5-11(16)13(17)12(14)10(8)6-9-3-2-4-15-7-9/h5,9,15-17H,2-4,6-7H2,1H3. The summed E-state index contributed by atoms with van der Waals surface area (Å²) in [6.45, 7) is 4.11. The van der Waals surface area contributed by atoms with Gasteiger partial charge in [-0.25, -0.2) is 0 Å². The third kappa shape index (κ3) is 2.75. The predicted molar refractivity (Wildman–Crippen MR) is 71.5 cm³/mol. The third-order valence-corrected chi connectivity index (χ3v) is 4.29. The molecule has 0 amide bonds. The molecule has 2 rings (SSSR count). The monoisotopic (exact) mass is 299 g/mol. The number of nitrogens with one attached hydrogen (secondary N) is 1. The van der Waals surface area contributed by atoms with Gasteiger partial charge in [-0.15, -0.1) is 0 Å². The molecule has 1 aliphatic heterocycles. The Hall–Kier alpha value is -0.740. The van der Waals surface area contributed by atoms with E-state index in [9.17, 15) is 10.2 Å². The van der Waals surface area contributed by atoms with Gasteiger partial charge in [0, 0.05) is 0 Å². The van der Waals surface area contributed by atoms with Gasteiger partial charge in [-0.2, -0.15) is 0 Å². The van der Waals surface area contributed by atoms with Crippen molar-refractivity contribution in [3.8, 4) is 11.5 Å². The van der Waals surface area contributed by atoms with Gasteiger partial charge in [-0.3, -0.25) is 0 Å². The highest BCUT2D eigenvalue weighted by molar-refractivity contribution is 9.10. The van der Waals surface area contributed by atoms with E-state index >= 15 is 0 Å². The van der Waals surface area contributed by atoms with E-state index in [1.807, 2.05) is 6.92 Å². The quantitative estimate of drug-likeness (QED) is 0.736. The summed E-state index contributed by atoms with van der Waals surface area (Å²) < 4.78 is 0.639. The minimum atomic E-state index is -0.0557. The smallest absolute Gasteiger partial charge is 0.172 e. The number of benzene rings is 1. The molecule has 3 nitrogen and oxygen atoms in total. The normalized spacial score (nSPS) is 20.5. The first-order valence-electron chi connectivity index (χ1n) is 6.00. The molecular weight excluding hydrogens is 282 g/mol. The Kier molecular flexibility index (Phi) is 3.94. The number of hydrogen-bond donors (Lipinski definition) is 3. The minimum absolute atomic E-state index is 0.0469. The van der Waals surface area contributed by atoms with Crippen molar-refractivity contribution in [2.24, 2.45) is 5.92 Å². The minimum Gasteiger partial charge on any atom is -0.504 e. The third-order valence-electron chi connectivity index (χ3n) is 3.44. The van der Waals surface area contributed by atoms with E-state index < -0.39 is 0 Å². The van der Waals surface area contributed by atoms with Crippen LogP contribution in [-0.2, 0) is 6.42 Å². The lowest BCUT2D eigenvalue weighted by Gasteiger charge is -2.24. The Balaban J connectivity index is 2.22. The average Bonchev–Trinajstić information content (AvgIpc) is 2.33. The molecule has 1 aromatic carbocycles. The van der Waals surface area contributed by atoms with Gasteiger partial charge in [-0.05, 0) is 78.3 Å². The van der Waals surface area contributed by atoms with E-state index in [0.29, 0.717) is 10.4 Å². The molecule has 17 heavy (non-hydrogen) atoms. The largest absolute Gasteiger partial charge is 0.504 e. The number of aryl methyl sites for hydroxylation is 1.